The Morgan fingerprint density at radius 1 is 0.840 bits per heavy atom. The Kier molecular flexibility index (Phi) is 8.24. The molecule has 2 rings (SSSR count). The van der Waals surface area contributed by atoms with E-state index in [1.807, 2.05) is 24.3 Å². The lowest BCUT2D eigenvalue weighted by molar-refractivity contribution is 0.0497. The monoisotopic (exact) mass is 338 g/mol. The second kappa shape index (κ2) is 10.7. The molecule has 0 fully saturated rings. The molecule has 0 spiro atoms. The first-order valence-corrected chi connectivity index (χ1v) is 9.55. The first kappa shape index (κ1) is 19.2. The third-order valence-corrected chi connectivity index (χ3v) is 4.46. The fraction of sp³-hybridized carbons (Fsp3) is 0.435. The molecule has 2 aromatic carbocycles. The van der Waals surface area contributed by atoms with Crippen LogP contribution in [-0.2, 0) is 4.74 Å². The second-order valence-corrected chi connectivity index (χ2v) is 6.70. The van der Waals surface area contributed by atoms with E-state index in [1.165, 1.54) is 37.7 Å². The zero-order valence-corrected chi connectivity index (χ0v) is 15.6. The molecule has 0 atom stereocenters. The number of carbonyl (C=O) groups excluding carboxylic acids is 1. The molecule has 2 nitrogen and oxygen atoms in total. The maximum Gasteiger partial charge on any atom is 0.338 e. The number of benzene rings is 2. The molecule has 0 saturated heterocycles. The van der Waals surface area contributed by atoms with Crippen molar-refractivity contribution in [2.45, 2.75) is 58.8 Å². The van der Waals surface area contributed by atoms with Gasteiger partial charge < -0.3 is 4.74 Å². The van der Waals surface area contributed by atoms with Crippen molar-refractivity contribution in [2.24, 2.45) is 0 Å². The van der Waals surface area contributed by atoms with Gasteiger partial charge in [0.2, 0.25) is 0 Å². The normalized spacial score (nSPS) is 10.6. The van der Waals surface area contributed by atoms with Crippen molar-refractivity contribution in [3.8, 4) is 11.1 Å². The fourth-order valence-electron chi connectivity index (χ4n) is 2.88. The molecule has 0 aromatic heterocycles. The molecule has 134 valence electrons. The lowest BCUT2D eigenvalue weighted by Crippen LogP contribution is -2.06. The highest BCUT2D eigenvalue weighted by Gasteiger charge is 2.08. The summed E-state index contributed by atoms with van der Waals surface area (Å²) in [6.07, 6.45) is 8.55. The third-order valence-electron chi connectivity index (χ3n) is 4.46. The fourth-order valence-corrected chi connectivity index (χ4v) is 2.88. The molecule has 25 heavy (non-hydrogen) atoms. The molecule has 0 aliphatic heterocycles. The Balaban J connectivity index is 1.78. The summed E-state index contributed by atoms with van der Waals surface area (Å²) in [7, 11) is 0. The Morgan fingerprint density at radius 2 is 1.52 bits per heavy atom. The van der Waals surface area contributed by atoms with Gasteiger partial charge in [0.05, 0.1) is 12.2 Å². The molecular weight excluding hydrogens is 308 g/mol. The highest BCUT2D eigenvalue weighted by atomic mass is 16.5. The molecule has 0 bridgehead atoms. The van der Waals surface area contributed by atoms with E-state index in [0.717, 1.165) is 24.0 Å². The van der Waals surface area contributed by atoms with Crippen LogP contribution in [0, 0.1) is 6.92 Å². The molecule has 0 amide bonds. The molecule has 2 heteroatoms. The molecule has 0 unspecified atom stereocenters. The van der Waals surface area contributed by atoms with Crippen LogP contribution >= 0.6 is 0 Å². The average molecular weight is 338 g/mol. The topological polar surface area (TPSA) is 26.3 Å². The largest absolute Gasteiger partial charge is 0.462 e. The lowest BCUT2D eigenvalue weighted by Gasteiger charge is -2.07. The maximum atomic E-state index is 12.2. The van der Waals surface area contributed by atoms with Crippen LogP contribution in [0.15, 0.2) is 48.5 Å². The summed E-state index contributed by atoms with van der Waals surface area (Å²) in [6, 6.07) is 16.0. The standard InChI is InChI=1S/C23H30O2/c1-3-4-5-6-7-8-9-17-25-23(24)22-12-10-11-21(18-22)20-15-13-19(2)14-16-20/h10-16,18H,3-9,17H2,1-2H3. The Bertz CT molecular complexity index is 643. The first-order valence-electron chi connectivity index (χ1n) is 9.55. The van der Waals surface area contributed by atoms with Crippen LogP contribution in [0.3, 0.4) is 0 Å². The summed E-state index contributed by atoms with van der Waals surface area (Å²) in [5, 5.41) is 0. The van der Waals surface area contributed by atoms with Crippen molar-refractivity contribution >= 4 is 5.97 Å². The highest BCUT2D eigenvalue weighted by Crippen LogP contribution is 2.21. The zero-order chi connectivity index (χ0) is 17.9. The zero-order valence-electron chi connectivity index (χ0n) is 15.6. The summed E-state index contributed by atoms with van der Waals surface area (Å²) in [5.74, 6) is -0.222. The van der Waals surface area contributed by atoms with Gasteiger partial charge in [-0.05, 0) is 36.6 Å². The molecule has 0 N–H and O–H groups in total. The van der Waals surface area contributed by atoms with E-state index in [9.17, 15) is 4.79 Å². The Labute approximate surface area is 152 Å². The van der Waals surface area contributed by atoms with Crippen LogP contribution in [0.4, 0.5) is 0 Å². The molecule has 0 radical (unpaired) electrons. The van der Waals surface area contributed by atoms with Gasteiger partial charge >= 0.3 is 5.97 Å². The highest BCUT2D eigenvalue weighted by molar-refractivity contribution is 5.91. The number of unbranched alkanes of at least 4 members (excludes halogenated alkanes) is 6. The molecule has 2 aromatic rings. The van der Waals surface area contributed by atoms with E-state index < -0.39 is 0 Å². The van der Waals surface area contributed by atoms with Crippen molar-refractivity contribution in [3.63, 3.8) is 0 Å². The Morgan fingerprint density at radius 3 is 2.24 bits per heavy atom. The van der Waals surface area contributed by atoms with Crippen molar-refractivity contribution in [1.82, 2.24) is 0 Å². The molecule has 0 aliphatic carbocycles. The minimum atomic E-state index is -0.222. The Hall–Kier alpha value is -2.09. The van der Waals surface area contributed by atoms with E-state index in [0.29, 0.717) is 12.2 Å². The number of rotatable bonds is 10. The van der Waals surface area contributed by atoms with E-state index in [2.05, 4.69) is 38.1 Å². The van der Waals surface area contributed by atoms with E-state index in [-0.39, 0.29) is 5.97 Å². The molecule has 0 saturated carbocycles. The summed E-state index contributed by atoms with van der Waals surface area (Å²) in [6.45, 7) is 4.82. The number of aryl methyl sites for hydroxylation is 1. The molecule has 0 aliphatic rings. The summed E-state index contributed by atoms with van der Waals surface area (Å²) in [5.41, 5.74) is 4.02. The number of hydrogen-bond donors (Lipinski definition) is 0. The van der Waals surface area contributed by atoms with Crippen LogP contribution in [0.1, 0.15) is 67.8 Å². The third kappa shape index (κ3) is 6.74. The SMILES string of the molecule is CCCCCCCCCOC(=O)c1cccc(-c2ccc(C)cc2)c1. The summed E-state index contributed by atoms with van der Waals surface area (Å²) in [4.78, 5) is 12.2. The predicted octanol–water partition coefficient (Wildman–Crippen LogP) is 6.57. The smallest absolute Gasteiger partial charge is 0.338 e. The van der Waals surface area contributed by atoms with Gasteiger partial charge in [0.25, 0.3) is 0 Å². The second-order valence-electron chi connectivity index (χ2n) is 6.70. The van der Waals surface area contributed by atoms with Gasteiger partial charge in [-0.3, -0.25) is 0 Å². The van der Waals surface area contributed by atoms with Gasteiger partial charge in [0.1, 0.15) is 0 Å². The van der Waals surface area contributed by atoms with Gasteiger partial charge in [-0.2, -0.15) is 0 Å². The van der Waals surface area contributed by atoms with Crippen LogP contribution < -0.4 is 0 Å². The number of esters is 1. The van der Waals surface area contributed by atoms with Gasteiger partial charge in [0, 0.05) is 0 Å². The van der Waals surface area contributed by atoms with Gasteiger partial charge in [-0.25, -0.2) is 4.79 Å². The van der Waals surface area contributed by atoms with Gasteiger partial charge in [-0.15, -0.1) is 0 Å². The van der Waals surface area contributed by atoms with Crippen LogP contribution in [0.5, 0.6) is 0 Å². The summed E-state index contributed by atoms with van der Waals surface area (Å²) >= 11 is 0. The maximum absolute atomic E-state index is 12.2. The number of carbonyl (C=O) groups is 1. The number of ether oxygens (including phenoxy) is 1. The van der Waals surface area contributed by atoms with Gasteiger partial charge in [-0.1, -0.05) is 87.4 Å². The van der Waals surface area contributed by atoms with Crippen molar-refractivity contribution in [2.75, 3.05) is 6.61 Å². The van der Waals surface area contributed by atoms with Crippen LogP contribution in [0.25, 0.3) is 11.1 Å². The van der Waals surface area contributed by atoms with Crippen molar-refractivity contribution in [1.29, 1.82) is 0 Å². The van der Waals surface area contributed by atoms with Crippen molar-refractivity contribution in [3.05, 3.63) is 59.7 Å². The molecular formula is C23H30O2. The van der Waals surface area contributed by atoms with Crippen LogP contribution in [0.2, 0.25) is 0 Å². The minimum absolute atomic E-state index is 0.222. The van der Waals surface area contributed by atoms with Crippen LogP contribution in [-0.4, -0.2) is 12.6 Å². The number of hydrogen-bond acceptors (Lipinski definition) is 2. The summed E-state index contributed by atoms with van der Waals surface area (Å²) < 4.78 is 5.43. The average Bonchev–Trinajstić information content (AvgIpc) is 2.64. The lowest BCUT2D eigenvalue weighted by atomic mass is 10.0. The predicted molar refractivity (Wildman–Crippen MR) is 105 cm³/mol. The van der Waals surface area contributed by atoms with Crippen molar-refractivity contribution < 1.29 is 9.53 Å². The molecule has 0 heterocycles. The van der Waals surface area contributed by atoms with E-state index >= 15 is 0 Å². The van der Waals surface area contributed by atoms with E-state index in [4.69, 9.17) is 4.74 Å². The van der Waals surface area contributed by atoms with E-state index in [1.54, 1.807) is 0 Å². The first-order chi connectivity index (χ1) is 12.2. The quantitative estimate of drug-likeness (QED) is 0.362. The van der Waals surface area contributed by atoms with Gasteiger partial charge in [0.15, 0.2) is 0 Å². The minimum Gasteiger partial charge on any atom is -0.462 e.